The Kier molecular flexibility index (Phi) is 3.78. The second-order valence-electron chi connectivity index (χ2n) is 3.15. The number of nitrogens with two attached hydrogens (primary N) is 3. The van der Waals surface area contributed by atoms with E-state index >= 15 is 0 Å². The summed E-state index contributed by atoms with van der Waals surface area (Å²) in [5.41, 5.74) is 16.2. The van der Waals surface area contributed by atoms with Crippen molar-refractivity contribution in [3.8, 4) is 0 Å². The van der Waals surface area contributed by atoms with Crippen molar-refractivity contribution in [1.29, 1.82) is 0 Å². The van der Waals surface area contributed by atoms with Crippen molar-refractivity contribution in [3.05, 3.63) is 11.9 Å². The molecular formula is C8H15N5O2. The van der Waals surface area contributed by atoms with Crippen molar-refractivity contribution in [2.45, 2.75) is 18.6 Å². The molecule has 0 bridgehead atoms. The van der Waals surface area contributed by atoms with Crippen molar-refractivity contribution >= 4 is 11.6 Å². The molecule has 0 saturated carbocycles. The molecule has 15 heavy (non-hydrogen) atoms. The van der Waals surface area contributed by atoms with Crippen molar-refractivity contribution in [1.82, 2.24) is 9.97 Å². The smallest absolute Gasteiger partial charge is 0.166 e. The number of aliphatic hydroxyl groups is 2. The van der Waals surface area contributed by atoms with Crippen molar-refractivity contribution in [2.75, 3.05) is 18.0 Å². The molecule has 0 saturated heterocycles. The highest BCUT2D eigenvalue weighted by atomic mass is 16.3. The summed E-state index contributed by atoms with van der Waals surface area (Å²) in [7, 11) is 0. The number of aliphatic hydroxyl groups excluding tert-OH is 2. The Hall–Kier alpha value is -1.44. The van der Waals surface area contributed by atoms with Crippen LogP contribution >= 0.6 is 0 Å². The number of hydrogen-bond donors (Lipinski definition) is 5. The van der Waals surface area contributed by atoms with Crippen LogP contribution in [-0.2, 0) is 0 Å². The summed E-state index contributed by atoms with van der Waals surface area (Å²) in [6, 6.07) is 0. The van der Waals surface area contributed by atoms with Gasteiger partial charge in [0.05, 0.1) is 18.0 Å². The highest BCUT2D eigenvalue weighted by Crippen LogP contribution is 2.18. The molecule has 0 aliphatic rings. The van der Waals surface area contributed by atoms with E-state index in [1.54, 1.807) is 0 Å². The molecule has 0 aliphatic carbocycles. The lowest BCUT2D eigenvalue weighted by atomic mass is 10.1. The van der Waals surface area contributed by atoms with Gasteiger partial charge < -0.3 is 27.4 Å². The van der Waals surface area contributed by atoms with E-state index in [2.05, 4.69) is 9.97 Å². The first-order chi connectivity index (χ1) is 7.06. The van der Waals surface area contributed by atoms with Crippen LogP contribution in [-0.4, -0.2) is 32.8 Å². The molecule has 1 aromatic heterocycles. The standard InChI is InChI=1S/C8H15N5O2/c9-2-1-5(14)6(15)4-3-12-7(10)8(11)13-4/h3,5-6,14-15H,1-2,9H2,(H2,10,12)(H2,11,13). The van der Waals surface area contributed by atoms with Gasteiger partial charge in [0.15, 0.2) is 11.6 Å². The lowest BCUT2D eigenvalue weighted by molar-refractivity contribution is 0.0124. The molecule has 1 heterocycles. The van der Waals surface area contributed by atoms with Crippen LogP contribution in [0.2, 0.25) is 0 Å². The predicted octanol–water partition coefficient (Wildman–Crippen LogP) is -1.62. The summed E-state index contributed by atoms with van der Waals surface area (Å²) in [6.45, 7) is 0.274. The minimum absolute atomic E-state index is 0.0338. The average molecular weight is 213 g/mol. The van der Waals surface area contributed by atoms with E-state index in [9.17, 15) is 10.2 Å². The van der Waals surface area contributed by atoms with Gasteiger partial charge in [0.2, 0.25) is 0 Å². The first-order valence-corrected chi connectivity index (χ1v) is 4.50. The highest BCUT2D eigenvalue weighted by molar-refractivity contribution is 5.51. The van der Waals surface area contributed by atoms with Crippen molar-refractivity contribution in [3.63, 3.8) is 0 Å². The van der Waals surface area contributed by atoms with Gasteiger partial charge in [-0.25, -0.2) is 9.97 Å². The van der Waals surface area contributed by atoms with Gasteiger partial charge in [0.1, 0.15) is 6.10 Å². The maximum atomic E-state index is 9.63. The molecule has 0 spiro atoms. The molecule has 2 atom stereocenters. The van der Waals surface area contributed by atoms with E-state index in [0.29, 0.717) is 0 Å². The van der Waals surface area contributed by atoms with E-state index in [4.69, 9.17) is 17.2 Å². The van der Waals surface area contributed by atoms with Gasteiger partial charge in [-0.1, -0.05) is 0 Å². The first-order valence-electron chi connectivity index (χ1n) is 4.50. The van der Waals surface area contributed by atoms with Gasteiger partial charge in [-0.2, -0.15) is 0 Å². The molecule has 1 aromatic rings. The summed E-state index contributed by atoms with van der Waals surface area (Å²) >= 11 is 0. The van der Waals surface area contributed by atoms with Crippen LogP contribution in [0.15, 0.2) is 6.20 Å². The van der Waals surface area contributed by atoms with Crippen LogP contribution in [0.1, 0.15) is 18.2 Å². The molecule has 1 rings (SSSR count). The zero-order valence-electron chi connectivity index (χ0n) is 8.17. The minimum atomic E-state index is -1.15. The number of rotatable bonds is 4. The molecule has 0 radical (unpaired) electrons. The Labute approximate surface area is 86.9 Å². The van der Waals surface area contributed by atoms with Crippen LogP contribution in [0.4, 0.5) is 11.6 Å². The second-order valence-corrected chi connectivity index (χ2v) is 3.15. The third kappa shape index (κ3) is 2.75. The number of hydrogen-bond acceptors (Lipinski definition) is 7. The van der Waals surface area contributed by atoms with E-state index in [-0.39, 0.29) is 30.3 Å². The Bertz CT molecular complexity index is 333. The fraction of sp³-hybridized carbons (Fsp3) is 0.500. The zero-order valence-corrected chi connectivity index (χ0v) is 8.17. The molecule has 7 nitrogen and oxygen atoms in total. The van der Waals surface area contributed by atoms with Gasteiger partial charge in [-0.15, -0.1) is 0 Å². The fourth-order valence-electron chi connectivity index (χ4n) is 1.10. The molecule has 0 aliphatic heterocycles. The number of nitrogen functional groups attached to an aromatic ring is 2. The van der Waals surface area contributed by atoms with Crippen LogP contribution < -0.4 is 17.2 Å². The zero-order chi connectivity index (χ0) is 11.4. The van der Waals surface area contributed by atoms with Gasteiger partial charge in [-0.3, -0.25) is 0 Å². The third-order valence-corrected chi connectivity index (χ3v) is 1.98. The largest absolute Gasteiger partial charge is 0.390 e. The Morgan fingerprint density at radius 1 is 1.27 bits per heavy atom. The summed E-state index contributed by atoms with van der Waals surface area (Å²) < 4.78 is 0. The van der Waals surface area contributed by atoms with Crippen LogP contribution in [0.3, 0.4) is 0 Å². The molecule has 8 N–H and O–H groups in total. The van der Waals surface area contributed by atoms with Crippen LogP contribution in [0.25, 0.3) is 0 Å². The lowest BCUT2D eigenvalue weighted by Gasteiger charge is -2.16. The fourth-order valence-corrected chi connectivity index (χ4v) is 1.10. The van der Waals surface area contributed by atoms with E-state index in [0.717, 1.165) is 0 Å². The maximum absolute atomic E-state index is 9.63. The Morgan fingerprint density at radius 3 is 2.47 bits per heavy atom. The lowest BCUT2D eigenvalue weighted by Crippen LogP contribution is -2.23. The van der Waals surface area contributed by atoms with Crippen LogP contribution in [0.5, 0.6) is 0 Å². The summed E-state index contributed by atoms with van der Waals surface area (Å²) in [5, 5.41) is 19.1. The van der Waals surface area contributed by atoms with E-state index in [1.165, 1.54) is 6.20 Å². The Balaban J connectivity index is 2.81. The predicted molar refractivity (Wildman–Crippen MR) is 55.5 cm³/mol. The molecular weight excluding hydrogens is 198 g/mol. The van der Waals surface area contributed by atoms with Gasteiger partial charge >= 0.3 is 0 Å². The average Bonchev–Trinajstić information content (AvgIpc) is 2.21. The second kappa shape index (κ2) is 4.87. The van der Waals surface area contributed by atoms with Gasteiger partial charge in [0, 0.05) is 0 Å². The summed E-state index contributed by atoms with van der Waals surface area (Å²) in [5.74, 6) is 0.130. The number of anilines is 2. The van der Waals surface area contributed by atoms with Gasteiger partial charge in [0.25, 0.3) is 0 Å². The molecule has 7 heteroatoms. The SMILES string of the molecule is NCCC(O)C(O)c1cnc(N)c(N)n1. The minimum Gasteiger partial charge on any atom is -0.390 e. The summed E-state index contributed by atoms with van der Waals surface area (Å²) in [6.07, 6.45) is -0.584. The number of aromatic nitrogens is 2. The molecule has 0 amide bonds. The quantitative estimate of drug-likeness (QED) is 0.404. The molecule has 0 fully saturated rings. The molecule has 2 unspecified atom stereocenters. The van der Waals surface area contributed by atoms with E-state index < -0.39 is 12.2 Å². The summed E-state index contributed by atoms with van der Waals surface area (Å²) in [4.78, 5) is 7.55. The topological polar surface area (TPSA) is 144 Å². The monoisotopic (exact) mass is 213 g/mol. The van der Waals surface area contributed by atoms with E-state index in [1.807, 2.05) is 0 Å². The van der Waals surface area contributed by atoms with Crippen molar-refractivity contribution in [2.24, 2.45) is 5.73 Å². The normalized spacial score (nSPS) is 14.9. The number of nitrogens with zero attached hydrogens (tertiary/aromatic N) is 2. The van der Waals surface area contributed by atoms with Crippen LogP contribution in [0, 0.1) is 0 Å². The van der Waals surface area contributed by atoms with Crippen molar-refractivity contribution < 1.29 is 10.2 Å². The first kappa shape index (κ1) is 11.6. The maximum Gasteiger partial charge on any atom is 0.166 e. The highest BCUT2D eigenvalue weighted by Gasteiger charge is 2.19. The Morgan fingerprint density at radius 2 is 1.93 bits per heavy atom. The molecule has 0 aromatic carbocycles. The van der Waals surface area contributed by atoms with Gasteiger partial charge in [-0.05, 0) is 13.0 Å². The third-order valence-electron chi connectivity index (χ3n) is 1.98. The molecule has 84 valence electrons.